The molecule has 0 radical (unpaired) electrons. The van der Waals surface area contributed by atoms with Crippen molar-refractivity contribution in [1.29, 1.82) is 0 Å². The molecule has 3 nitrogen and oxygen atoms in total. The zero-order chi connectivity index (χ0) is 12.6. The number of fused-ring (bicyclic) bond motifs is 1. The molecule has 3 heteroatoms. The maximum absolute atomic E-state index is 9.90. The van der Waals surface area contributed by atoms with Crippen LogP contribution in [0.2, 0.25) is 0 Å². The van der Waals surface area contributed by atoms with Crippen molar-refractivity contribution in [3.8, 4) is 0 Å². The second-order valence-corrected chi connectivity index (χ2v) is 5.12. The van der Waals surface area contributed by atoms with E-state index in [1.165, 1.54) is 0 Å². The summed E-state index contributed by atoms with van der Waals surface area (Å²) in [6.07, 6.45) is 0. The normalized spacial score (nSPS) is 12.0. The predicted octanol–water partition coefficient (Wildman–Crippen LogP) is 2.84. The third-order valence-electron chi connectivity index (χ3n) is 2.60. The third-order valence-corrected chi connectivity index (χ3v) is 2.60. The van der Waals surface area contributed by atoms with Gasteiger partial charge in [-0.2, -0.15) is 5.10 Å². The van der Waals surface area contributed by atoms with Gasteiger partial charge in [0.25, 0.3) is 0 Å². The van der Waals surface area contributed by atoms with Gasteiger partial charge < -0.3 is 5.11 Å². The minimum atomic E-state index is -0.777. The number of aliphatic hydroxyl groups is 1. The SMILES string of the molecule is C=C(C)c1nn(CC(C)(C)O)c2ccccc12. The highest BCUT2D eigenvalue weighted by molar-refractivity contribution is 5.89. The quantitative estimate of drug-likeness (QED) is 0.880. The van der Waals surface area contributed by atoms with Crippen LogP contribution in [0.4, 0.5) is 0 Å². The van der Waals surface area contributed by atoms with Gasteiger partial charge in [-0.25, -0.2) is 0 Å². The van der Waals surface area contributed by atoms with Gasteiger partial charge in [0, 0.05) is 5.39 Å². The highest BCUT2D eigenvalue weighted by atomic mass is 16.3. The van der Waals surface area contributed by atoms with Crippen LogP contribution in [0.25, 0.3) is 16.5 Å². The van der Waals surface area contributed by atoms with E-state index in [0.29, 0.717) is 6.54 Å². The number of nitrogens with zero attached hydrogens (tertiary/aromatic N) is 2. The summed E-state index contributed by atoms with van der Waals surface area (Å²) in [5.74, 6) is 0. The lowest BCUT2D eigenvalue weighted by Crippen LogP contribution is -2.26. The Hall–Kier alpha value is -1.61. The Labute approximate surface area is 101 Å². The van der Waals surface area contributed by atoms with E-state index < -0.39 is 5.60 Å². The number of aromatic nitrogens is 2. The molecule has 0 saturated heterocycles. The van der Waals surface area contributed by atoms with Crippen LogP contribution in [-0.4, -0.2) is 20.5 Å². The molecule has 2 rings (SSSR count). The Morgan fingerprint density at radius 1 is 1.41 bits per heavy atom. The molecule has 0 atom stereocenters. The summed E-state index contributed by atoms with van der Waals surface area (Å²) < 4.78 is 1.85. The van der Waals surface area contributed by atoms with Crippen LogP contribution in [0, 0.1) is 0 Å². The summed E-state index contributed by atoms with van der Waals surface area (Å²) in [6.45, 7) is 9.93. The van der Waals surface area contributed by atoms with E-state index >= 15 is 0 Å². The molecular formula is C14H18N2O. The molecule has 0 unspecified atom stereocenters. The Kier molecular flexibility index (Phi) is 2.79. The molecule has 1 aromatic carbocycles. The molecule has 0 fully saturated rings. The van der Waals surface area contributed by atoms with Gasteiger partial charge in [0.1, 0.15) is 0 Å². The maximum Gasteiger partial charge on any atom is 0.0952 e. The van der Waals surface area contributed by atoms with E-state index in [2.05, 4.69) is 11.7 Å². The first-order valence-corrected chi connectivity index (χ1v) is 5.72. The Morgan fingerprint density at radius 2 is 2.06 bits per heavy atom. The molecule has 0 aliphatic heterocycles. The Bertz CT molecular complexity index is 561. The van der Waals surface area contributed by atoms with E-state index in [0.717, 1.165) is 22.2 Å². The molecule has 17 heavy (non-hydrogen) atoms. The van der Waals surface area contributed by atoms with Crippen LogP contribution in [0.15, 0.2) is 30.8 Å². The van der Waals surface area contributed by atoms with Crippen LogP contribution >= 0.6 is 0 Å². The van der Waals surface area contributed by atoms with E-state index in [9.17, 15) is 5.11 Å². The van der Waals surface area contributed by atoms with Crippen LogP contribution in [0.5, 0.6) is 0 Å². The van der Waals surface area contributed by atoms with Crippen molar-refractivity contribution in [2.75, 3.05) is 0 Å². The number of allylic oxidation sites excluding steroid dienone is 1. The average molecular weight is 230 g/mol. The average Bonchev–Trinajstić information content (AvgIpc) is 2.55. The van der Waals surface area contributed by atoms with Crippen molar-refractivity contribution >= 4 is 16.5 Å². The van der Waals surface area contributed by atoms with Crippen LogP contribution in [0.1, 0.15) is 26.5 Å². The Balaban J connectivity index is 2.61. The summed E-state index contributed by atoms with van der Waals surface area (Å²) in [5, 5.41) is 15.5. The Morgan fingerprint density at radius 3 is 2.65 bits per heavy atom. The summed E-state index contributed by atoms with van der Waals surface area (Å²) >= 11 is 0. The second kappa shape index (κ2) is 4.00. The van der Waals surface area contributed by atoms with E-state index in [1.54, 1.807) is 13.8 Å². The first-order chi connectivity index (χ1) is 7.88. The number of benzene rings is 1. The summed E-state index contributed by atoms with van der Waals surface area (Å²) in [6, 6.07) is 8.02. The maximum atomic E-state index is 9.90. The van der Waals surface area contributed by atoms with Gasteiger partial charge in [-0.1, -0.05) is 24.8 Å². The summed E-state index contributed by atoms with van der Waals surface area (Å²) in [4.78, 5) is 0. The number of hydrogen-bond acceptors (Lipinski definition) is 2. The predicted molar refractivity (Wildman–Crippen MR) is 70.7 cm³/mol. The van der Waals surface area contributed by atoms with Gasteiger partial charge in [0.15, 0.2) is 0 Å². The van der Waals surface area contributed by atoms with Crippen molar-refractivity contribution in [1.82, 2.24) is 9.78 Å². The molecule has 0 bridgehead atoms. The zero-order valence-electron chi connectivity index (χ0n) is 10.6. The van der Waals surface area contributed by atoms with Crippen LogP contribution < -0.4 is 0 Å². The highest BCUT2D eigenvalue weighted by Crippen LogP contribution is 2.24. The van der Waals surface area contributed by atoms with Crippen molar-refractivity contribution in [3.63, 3.8) is 0 Å². The minimum Gasteiger partial charge on any atom is -0.389 e. The monoisotopic (exact) mass is 230 g/mol. The molecule has 0 amide bonds. The fourth-order valence-corrected chi connectivity index (χ4v) is 1.93. The van der Waals surface area contributed by atoms with E-state index in [1.807, 2.05) is 35.9 Å². The van der Waals surface area contributed by atoms with Gasteiger partial charge in [0.2, 0.25) is 0 Å². The van der Waals surface area contributed by atoms with Gasteiger partial charge >= 0.3 is 0 Å². The standard InChI is InChI=1S/C14H18N2O/c1-10(2)13-11-7-5-6-8-12(11)16(15-13)9-14(3,4)17/h5-8,17H,1,9H2,2-4H3. The van der Waals surface area contributed by atoms with E-state index in [4.69, 9.17) is 0 Å². The summed E-state index contributed by atoms with van der Waals surface area (Å²) in [5.41, 5.74) is 2.11. The van der Waals surface area contributed by atoms with Crippen LogP contribution in [-0.2, 0) is 6.54 Å². The van der Waals surface area contributed by atoms with Crippen molar-refractivity contribution < 1.29 is 5.11 Å². The molecule has 0 aliphatic rings. The molecule has 0 spiro atoms. The van der Waals surface area contributed by atoms with Crippen molar-refractivity contribution in [2.24, 2.45) is 0 Å². The first-order valence-electron chi connectivity index (χ1n) is 5.72. The molecule has 2 aromatic rings. The number of hydrogen-bond donors (Lipinski definition) is 1. The van der Waals surface area contributed by atoms with Crippen LogP contribution in [0.3, 0.4) is 0 Å². The van der Waals surface area contributed by atoms with Crippen molar-refractivity contribution in [3.05, 3.63) is 36.5 Å². The molecule has 1 N–H and O–H groups in total. The van der Waals surface area contributed by atoms with Crippen molar-refractivity contribution in [2.45, 2.75) is 32.9 Å². The van der Waals surface area contributed by atoms with Gasteiger partial charge in [-0.3, -0.25) is 4.68 Å². The lowest BCUT2D eigenvalue weighted by molar-refractivity contribution is 0.0591. The smallest absolute Gasteiger partial charge is 0.0952 e. The number of para-hydroxylation sites is 1. The topological polar surface area (TPSA) is 38.0 Å². The molecule has 1 heterocycles. The lowest BCUT2D eigenvalue weighted by Gasteiger charge is -2.17. The molecule has 0 aliphatic carbocycles. The largest absolute Gasteiger partial charge is 0.389 e. The third kappa shape index (κ3) is 2.39. The molecule has 90 valence electrons. The molecule has 0 saturated carbocycles. The first kappa shape index (κ1) is 11.9. The zero-order valence-corrected chi connectivity index (χ0v) is 10.6. The fourth-order valence-electron chi connectivity index (χ4n) is 1.93. The lowest BCUT2D eigenvalue weighted by atomic mass is 10.1. The van der Waals surface area contributed by atoms with Gasteiger partial charge in [0.05, 0.1) is 23.4 Å². The van der Waals surface area contributed by atoms with E-state index in [-0.39, 0.29) is 0 Å². The molecule has 1 aromatic heterocycles. The summed E-state index contributed by atoms with van der Waals surface area (Å²) in [7, 11) is 0. The number of rotatable bonds is 3. The second-order valence-electron chi connectivity index (χ2n) is 5.12. The fraction of sp³-hybridized carbons (Fsp3) is 0.357. The molecular weight excluding hydrogens is 212 g/mol. The minimum absolute atomic E-state index is 0.473. The highest BCUT2D eigenvalue weighted by Gasteiger charge is 2.17. The van der Waals surface area contributed by atoms with Gasteiger partial charge in [-0.15, -0.1) is 0 Å². The van der Waals surface area contributed by atoms with Gasteiger partial charge in [-0.05, 0) is 32.4 Å².